The van der Waals surface area contributed by atoms with E-state index in [1.165, 1.54) is 16.7 Å². The van der Waals surface area contributed by atoms with Crippen LogP contribution in [-0.2, 0) is 9.59 Å². The number of nitrogens with one attached hydrogen (secondary N) is 1. The molecule has 2 amide bonds. The van der Waals surface area contributed by atoms with Crippen LogP contribution in [0.25, 0.3) is 0 Å². The second-order valence-electron chi connectivity index (χ2n) is 5.99. The number of thioether (sulfide) groups is 1. The van der Waals surface area contributed by atoms with Gasteiger partial charge in [0.1, 0.15) is 5.25 Å². The number of carbonyl (C=O) groups excluding carboxylic acids is 2. The monoisotopic (exact) mass is 479 g/mol. The highest BCUT2D eigenvalue weighted by Crippen LogP contribution is 2.31. The number of aryl methyl sites for hydroxylation is 1. The summed E-state index contributed by atoms with van der Waals surface area (Å²) in [6, 6.07) is 15.3. The number of amides is 2. The summed E-state index contributed by atoms with van der Waals surface area (Å²) in [5.74, 6) is -0.276. The first-order valence-electron chi connectivity index (χ1n) is 8.07. The van der Waals surface area contributed by atoms with Gasteiger partial charge in [-0.3, -0.25) is 14.5 Å². The molecular formula is C19H18IN3O2S. The molecule has 0 saturated carbocycles. The number of amidine groups is 1. The highest BCUT2D eigenvalue weighted by molar-refractivity contribution is 14.1. The van der Waals surface area contributed by atoms with Gasteiger partial charge in [0.2, 0.25) is 11.8 Å². The van der Waals surface area contributed by atoms with Gasteiger partial charge in [-0.1, -0.05) is 29.5 Å². The Morgan fingerprint density at radius 2 is 1.85 bits per heavy atom. The van der Waals surface area contributed by atoms with E-state index in [1.54, 1.807) is 7.05 Å². The highest BCUT2D eigenvalue weighted by atomic mass is 127. The van der Waals surface area contributed by atoms with Crippen LogP contribution in [0.2, 0.25) is 0 Å². The van der Waals surface area contributed by atoms with Crippen LogP contribution in [0, 0.1) is 10.5 Å². The molecule has 5 nitrogen and oxygen atoms in total. The first-order valence-corrected chi connectivity index (χ1v) is 10.0. The van der Waals surface area contributed by atoms with Crippen molar-refractivity contribution in [1.29, 1.82) is 0 Å². The van der Waals surface area contributed by atoms with Crippen molar-refractivity contribution < 1.29 is 9.59 Å². The zero-order valence-corrected chi connectivity index (χ0v) is 17.4. The molecule has 0 aliphatic carbocycles. The molecule has 1 atom stereocenters. The summed E-state index contributed by atoms with van der Waals surface area (Å²) in [7, 11) is 1.69. The number of hydrogen-bond donors (Lipinski definition) is 1. The molecular weight excluding hydrogens is 461 g/mol. The van der Waals surface area contributed by atoms with Gasteiger partial charge in [-0.05, 0) is 65.9 Å². The molecule has 1 heterocycles. The third-order valence-electron chi connectivity index (χ3n) is 3.90. The Hall–Kier alpha value is -1.87. The molecule has 0 unspecified atom stereocenters. The number of nitrogens with zero attached hydrogens (tertiary/aromatic N) is 2. The molecule has 1 aliphatic rings. The van der Waals surface area contributed by atoms with Gasteiger partial charge in [-0.15, -0.1) is 0 Å². The zero-order valence-electron chi connectivity index (χ0n) is 14.4. The molecule has 1 aliphatic heterocycles. The highest BCUT2D eigenvalue weighted by Gasteiger charge is 2.36. The Bertz CT molecular complexity index is 850. The molecule has 3 rings (SSSR count). The topological polar surface area (TPSA) is 61.8 Å². The average molecular weight is 479 g/mol. The lowest BCUT2D eigenvalue weighted by Crippen LogP contribution is -2.30. The molecule has 134 valence electrons. The summed E-state index contributed by atoms with van der Waals surface area (Å²) in [6.07, 6.45) is 0.118. The Morgan fingerprint density at radius 3 is 2.50 bits per heavy atom. The maximum Gasteiger partial charge on any atom is 0.242 e. The van der Waals surface area contributed by atoms with Crippen LogP contribution in [-0.4, -0.2) is 34.2 Å². The van der Waals surface area contributed by atoms with E-state index in [-0.39, 0.29) is 18.2 Å². The van der Waals surface area contributed by atoms with E-state index in [1.807, 2.05) is 55.5 Å². The lowest BCUT2D eigenvalue weighted by molar-refractivity contribution is -0.127. The van der Waals surface area contributed by atoms with Crippen molar-refractivity contribution in [1.82, 2.24) is 4.90 Å². The molecule has 0 aromatic heterocycles. The largest absolute Gasteiger partial charge is 0.326 e. The van der Waals surface area contributed by atoms with Gasteiger partial charge in [0.05, 0.1) is 5.69 Å². The summed E-state index contributed by atoms with van der Waals surface area (Å²) in [4.78, 5) is 30.8. The van der Waals surface area contributed by atoms with Gasteiger partial charge in [0.25, 0.3) is 0 Å². The van der Waals surface area contributed by atoms with Gasteiger partial charge < -0.3 is 5.32 Å². The quantitative estimate of drug-likeness (QED) is 0.670. The van der Waals surface area contributed by atoms with Crippen LogP contribution >= 0.6 is 34.4 Å². The van der Waals surface area contributed by atoms with E-state index in [9.17, 15) is 9.59 Å². The fraction of sp³-hybridized carbons (Fsp3) is 0.211. The molecule has 26 heavy (non-hydrogen) atoms. The van der Waals surface area contributed by atoms with E-state index in [4.69, 9.17) is 0 Å². The van der Waals surface area contributed by atoms with E-state index < -0.39 is 5.25 Å². The maximum atomic E-state index is 12.4. The van der Waals surface area contributed by atoms with Gasteiger partial charge in [-0.2, -0.15) is 0 Å². The van der Waals surface area contributed by atoms with E-state index >= 15 is 0 Å². The normalized spacial score (nSPS) is 18.4. The Kier molecular flexibility index (Phi) is 5.98. The predicted molar refractivity (Wildman–Crippen MR) is 115 cm³/mol. The minimum Gasteiger partial charge on any atom is -0.326 e. The van der Waals surface area contributed by atoms with Crippen molar-refractivity contribution in [3.63, 3.8) is 0 Å². The van der Waals surface area contributed by atoms with Crippen LogP contribution in [0.4, 0.5) is 11.4 Å². The number of anilines is 1. The van der Waals surface area contributed by atoms with E-state index in [2.05, 4.69) is 32.9 Å². The minimum absolute atomic E-state index is 0.0988. The van der Waals surface area contributed by atoms with Crippen molar-refractivity contribution in [2.75, 3.05) is 12.4 Å². The number of halogens is 1. The first kappa shape index (κ1) is 18.9. The number of rotatable bonds is 4. The molecule has 1 saturated heterocycles. The van der Waals surface area contributed by atoms with E-state index in [0.717, 1.165) is 20.5 Å². The Balaban J connectivity index is 1.65. The molecule has 1 N–H and O–H groups in total. The molecule has 0 radical (unpaired) electrons. The second kappa shape index (κ2) is 8.22. The van der Waals surface area contributed by atoms with Gasteiger partial charge in [0.15, 0.2) is 5.17 Å². The number of aliphatic imine (C=N–C) groups is 1. The van der Waals surface area contributed by atoms with Crippen molar-refractivity contribution in [3.8, 4) is 0 Å². The second-order valence-corrected chi connectivity index (χ2v) is 8.41. The number of benzene rings is 2. The summed E-state index contributed by atoms with van der Waals surface area (Å²) in [5, 5.41) is 3.00. The smallest absolute Gasteiger partial charge is 0.242 e. The van der Waals surface area contributed by atoms with Gasteiger partial charge in [-0.25, -0.2) is 4.99 Å². The molecule has 0 spiro atoms. The van der Waals surface area contributed by atoms with Gasteiger partial charge in [0, 0.05) is 22.7 Å². The standard InChI is InChI=1S/C19H18IN3O2S/c1-12-3-7-14(8-4-12)21-17(24)11-16-18(25)23(2)19(26-16)22-15-9-5-13(20)6-10-15/h3-10,16H,11H2,1-2H3,(H,21,24)/t16-/m0/s1. The lowest BCUT2D eigenvalue weighted by atomic mass is 10.2. The Morgan fingerprint density at radius 1 is 1.19 bits per heavy atom. The molecule has 0 bridgehead atoms. The summed E-state index contributed by atoms with van der Waals surface area (Å²) in [6.45, 7) is 1.99. The third-order valence-corrected chi connectivity index (χ3v) is 5.85. The van der Waals surface area contributed by atoms with Crippen molar-refractivity contribution in [3.05, 3.63) is 57.7 Å². The minimum atomic E-state index is -0.451. The SMILES string of the molecule is Cc1ccc(NC(=O)C[C@@H]2SC(=Nc3ccc(I)cc3)N(C)C2=O)cc1. The van der Waals surface area contributed by atoms with Crippen LogP contribution < -0.4 is 5.32 Å². The van der Waals surface area contributed by atoms with Crippen molar-refractivity contribution in [2.45, 2.75) is 18.6 Å². The fourth-order valence-corrected chi connectivity index (χ4v) is 3.95. The van der Waals surface area contributed by atoms with Crippen LogP contribution in [0.3, 0.4) is 0 Å². The van der Waals surface area contributed by atoms with Crippen molar-refractivity contribution in [2.24, 2.45) is 4.99 Å². The molecule has 2 aromatic carbocycles. The number of hydrogen-bond acceptors (Lipinski definition) is 4. The lowest BCUT2D eigenvalue weighted by Gasteiger charge is -2.09. The Labute approximate surface area is 170 Å². The molecule has 2 aromatic rings. The molecule has 1 fully saturated rings. The summed E-state index contributed by atoms with van der Waals surface area (Å²) < 4.78 is 1.13. The average Bonchev–Trinajstić information content (AvgIpc) is 2.87. The van der Waals surface area contributed by atoms with E-state index in [0.29, 0.717) is 5.17 Å². The number of carbonyl (C=O) groups is 2. The maximum absolute atomic E-state index is 12.4. The first-order chi connectivity index (χ1) is 12.4. The zero-order chi connectivity index (χ0) is 18.7. The predicted octanol–water partition coefficient (Wildman–Crippen LogP) is 4.19. The van der Waals surface area contributed by atoms with Crippen LogP contribution in [0.15, 0.2) is 53.5 Å². The molecule has 7 heteroatoms. The van der Waals surface area contributed by atoms with Crippen LogP contribution in [0.1, 0.15) is 12.0 Å². The third kappa shape index (κ3) is 4.64. The summed E-state index contributed by atoms with van der Waals surface area (Å²) in [5.41, 5.74) is 2.65. The van der Waals surface area contributed by atoms with Crippen molar-refractivity contribution >= 4 is 62.7 Å². The fourth-order valence-electron chi connectivity index (χ4n) is 2.44. The van der Waals surface area contributed by atoms with Crippen LogP contribution in [0.5, 0.6) is 0 Å². The summed E-state index contributed by atoms with van der Waals surface area (Å²) >= 11 is 3.56. The van der Waals surface area contributed by atoms with Gasteiger partial charge >= 0.3 is 0 Å².